The van der Waals surface area contributed by atoms with E-state index in [-0.39, 0.29) is 11.6 Å². The summed E-state index contributed by atoms with van der Waals surface area (Å²) in [5, 5.41) is 8.60. The van der Waals surface area contributed by atoms with Crippen molar-refractivity contribution in [3.8, 4) is 0 Å². The lowest BCUT2D eigenvalue weighted by Gasteiger charge is -2.23. The summed E-state index contributed by atoms with van der Waals surface area (Å²) in [6.07, 6.45) is 10.3. The van der Waals surface area contributed by atoms with Crippen molar-refractivity contribution in [2.24, 2.45) is 0 Å². The topological polar surface area (TPSA) is 47.8 Å². The number of aryl methyl sites for hydroxylation is 1. The van der Waals surface area contributed by atoms with Crippen LogP contribution in [-0.4, -0.2) is 14.8 Å². The predicted molar refractivity (Wildman–Crippen MR) is 117 cm³/mol. The Hall–Kier alpha value is -3.01. The monoisotopic (exact) mass is 383 g/mol. The van der Waals surface area contributed by atoms with E-state index >= 15 is 0 Å². The molecule has 0 bridgehead atoms. The highest BCUT2D eigenvalue weighted by Crippen LogP contribution is 2.30. The van der Waals surface area contributed by atoms with Crippen LogP contribution in [0.5, 0.6) is 0 Å². The average molecular weight is 383 g/mol. The average Bonchev–Trinajstić information content (AvgIpc) is 2.77. The number of hydrogen-bond donors (Lipinski definition) is 0. The second-order valence-electron chi connectivity index (χ2n) is 8.21. The van der Waals surface area contributed by atoms with Gasteiger partial charge in [0.1, 0.15) is 0 Å². The zero-order chi connectivity index (χ0) is 19.8. The predicted octanol–water partition coefficient (Wildman–Crippen LogP) is 5.35. The van der Waals surface area contributed by atoms with E-state index in [9.17, 15) is 4.79 Å². The van der Waals surface area contributed by atoms with Crippen molar-refractivity contribution in [3.63, 3.8) is 0 Å². The van der Waals surface area contributed by atoms with Gasteiger partial charge < -0.3 is 0 Å². The van der Waals surface area contributed by atoms with Gasteiger partial charge in [-0.3, -0.25) is 9.78 Å². The summed E-state index contributed by atoms with van der Waals surface area (Å²) in [5.41, 5.74) is 3.38. The minimum atomic E-state index is 0.0448. The van der Waals surface area contributed by atoms with Crippen molar-refractivity contribution in [1.82, 2.24) is 14.8 Å². The van der Waals surface area contributed by atoms with Gasteiger partial charge in [0.15, 0.2) is 0 Å². The van der Waals surface area contributed by atoms with E-state index in [1.807, 2.05) is 31.5 Å². The number of fused-ring (bicyclic) bond motifs is 3. The molecule has 2 heterocycles. The molecule has 0 amide bonds. The van der Waals surface area contributed by atoms with Crippen LogP contribution >= 0.6 is 0 Å². The maximum atomic E-state index is 13.4. The van der Waals surface area contributed by atoms with E-state index in [1.54, 1.807) is 4.68 Å². The first-order chi connectivity index (χ1) is 14.2. The molecule has 0 saturated heterocycles. The zero-order valence-electron chi connectivity index (χ0n) is 16.8. The Kier molecular flexibility index (Phi) is 4.62. The van der Waals surface area contributed by atoms with E-state index < -0.39 is 0 Å². The van der Waals surface area contributed by atoms with E-state index in [4.69, 9.17) is 0 Å². The summed E-state index contributed by atoms with van der Waals surface area (Å²) in [5.74, 6) is 0. The molecule has 2 aromatic carbocycles. The molecule has 4 nitrogen and oxygen atoms in total. The van der Waals surface area contributed by atoms with E-state index in [2.05, 4.69) is 40.4 Å². The molecular formula is C25H25N3O. The highest BCUT2D eigenvalue weighted by atomic mass is 16.1. The molecule has 0 atom stereocenters. The molecule has 0 spiro atoms. The fraction of sp³-hybridized carbons (Fsp3) is 0.320. The lowest BCUT2D eigenvalue weighted by atomic mass is 9.94. The summed E-state index contributed by atoms with van der Waals surface area (Å²) in [7, 11) is 0. The van der Waals surface area contributed by atoms with Crippen molar-refractivity contribution < 1.29 is 0 Å². The van der Waals surface area contributed by atoms with Gasteiger partial charge in [0.05, 0.1) is 17.6 Å². The van der Waals surface area contributed by atoms with Gasteiger partial charge in [-0.25, -0.2) is 4.68 Å². The van der Waals surface area contributed by atoms with Gasteiger partial charge in [-0.15, -0.1) is 0 Å². The lowest BCUT2D eigenvalue weighted by Crippen LogP contribution is -2.28. The van der Waals surface area contributed by atoms with Crippen molar-refractivity contribution in [1.29, 1.82) is 0 Å². The summed E-state index contributed by atoms with van der Waals surface area (Å²) < 4.78 is 1.74. The lowest BCUT2D eigenvalue weighted by molar-refractivity contribution is 0.320. The van der Waals surface area contributed by atoms with Crippen LogP contribution < -0.4 is 5.56 Å². The summed E-state index contributed by atoms with van der Waals surface area (Å²) in [4.78, 5) is 17.8. The molecule has 0 unspecified atom stereocenters. The molecular weight excluding hydrogens is 358 g/mol. The third-order valence-corrected chi connectivity index (χ3v) is 6.21. The molecule has 146 valence electrons. The number of hydrogen-bond acceptors (Lipinski definition) is 3. The van der Waals surface area contributed by atoms with E-state index in [0.717, 1.165) is 52.2 Å². The molecule has 1 aliphatic carbocycles. The van der Waals surface area contributed by atoms with Gasteiger partial charge >= 0.3 is 0 Å². The van der Waals surface area contributed by atoms with Gasteiger partial charge in [0.2, 0.25) is 0 Å². The molecule has 5 rings (SSSR count). The second-order valence-corrected chi connectivity index (χ2v) is 8.21. The molecule has 4 aromatic rings. The third-order valence-electron chi connectivity index (χ3n) is 6.21. The number of nitrogens with zero attached hydrogens (tertiary/aromatic N) is 3. The van der Waals surface area contributed by atoms with Gasteiger partial charge in [0, 0.05) is 17.3 Å². The van der Waals surface area contributed by atoms with Crippen LogP contribution in [0.15, 0.2) is 59.7 Å². The molecule has 1 saturated carbocycles. The fourth-order valence-electron chi connectivity index (χ4n) is 4.64. The molecule has 29 heavy (non-hydrogen) atoms. The fourth-order valence-corrected chi connectivity index (χ4v) is 4.64. The minimum absolute atomic E-state index is 0.0448. The van der Waals surface area contributed by atoms with Crippen molar-refractivity contribution in [2.45, 2.75) is 51.5 Å². The first kappa shape index (κ1) is 18.0. The molecule has 0 aliphatic heterocycles. The van der Waals surface area contributed by atoms with Crippen LogP contribution in [-0.2, 0) is 6.42 Å². The highest BCUT2D eigenvalue weighted by Gasteiger charge is 2.19. The standard InChI is InChI=1S/C25H25N3O/c1-17-11-12-18(15-26-17)13-19-14-23-24(22-10-6-5-9-21(19)22)16-27-28(25(23)29)20-7-3-2-4-8-20/h5-6,9-12,14-16,20H,2-4,7-8,13H2,1H3. The first-order valence-electron chi connectivity index (χ1n) is 10.5. The number of pyridine rings is 1. The van der Waals surface area contributed by atoms with Crippen LogP contribution in [0.3, 0.4) is 0 Å². The number of rotatable bonds is 3. The summed E-state index contributed by atoms with van der Waals surface area (Å²) >= 11 is 0. The van der Waals surface area contributed by atoms with Crippen molar-refractivity contribution in [3.05, 3.63) is 82.0 Å². The quantitative estimate of drug-likeness (QED) is 0.448. The molecule has 0 N–H and O–H groups in total. The van der Waals surface area contributed by atoms with Crippen LogP contribution in [0.4, 0.5) is 0 Å². The molecule has 1 aliphatic rings. The molecule has 4 heteroatoms. The van der Waals surface area contributed by atoms with Crippen LogP contribution in [0.2, 0.25) is 0 Å². The Morgan fingerprint density at radius 1 is 0.931 bits per heavy atom. The van der Waals surface area contributed by atoms with Gasteiger partial charge in [-0.05, 0) is 60.2 Å². The maximum absolute atomic E-state index is 13.4. The van der Waals surface area contributed by atoms with Gasteiger partial charge in [-0.1, -0.05) is 49.6 Å². The van der Waals surface area contributed by atoms with Crippen LogP contribution in [0.1, 0.15) is 55.0 Å². The third kappa shape index (κ3) is 3.33. The number of benzene rings is 2. The largest absolute Gasteiger partial charge is 0.274 e. The van der Waals surface area contributed by atoms with Crippen LogP contribution in [0.25, 0.3) is 21.5 Å². The Bertz CT molecular complexity index is 1230. The van der Waals surface area contributed by atoms with Crippen molar-refractivity contribution in [2.75, 3.05) is 0 Å². The number of aromatic nitrogens is 3. The zero-order valence-corrected chi connectivity index (χ0v) is 16.8. The van der Waals surface area contributed by atoms with Gasteiger partial charge in [0.25, 0.3) is 5.56 Å². The van der Waals surface area contributed by atoms with E-state index in [0.29, 0.717) is 0 Å². The van der Waals surface area contributed by atoms with Gasteiger partial charge in [-0.2, -0.15) is 5.10 Å². The molecule has 1 fully saturated rings. The first-order valence-corrected chi connectivity index (χ1v) is 10.5. The van der Waals surface area contributed by atoms with E-state index in [1.165, 1.54) is 24.6 Å². The minimum Gasteiger partial charge on any atom is -0.267 e. The summed E-state index contributed by atoms with van der Waals surface area (Å²) in [6, 6.07) is 14.8. The van der Waals surface area contributed by atoms with Crippen LogP contribution in [0, 0.1) is 6.92 Å². The summed E-state index contributed by atoms with van der Waals surface area (Å²) in [6.45, 7) is 2.00. The second kappa shape index (κ2) is 7.43. The molecule has 0 radical (unpaired) electrons. The maximum Gasteiger partial charge on any atom is 0.274 e. The normalized spacial score (nSPS) is 15.2. The Morgan fingerprint density at radius 2 is 1.72 bits per heavy atom. The Balaban J connectivity index is 1.69. The molecule has 2 aromatic heterocycles. The highest BCUT2D eigenvalue weighted by molar-refractivity contribution is 6.08. The Labute approximate surface area is 170 Å². The smallest absolute Gasteiger partial charge is 0.267 e. The van der Waals surface area contributed by atoms with Crippen molar-refractivity contribution >= 4 is 21.5 Å². The SMILES string of the molecule is Cc1ccc(Cc2cc3c(=O)n(C4CCCCC4)ncc3c3ccccc23)cn1. The Morgan fingerprint density at radius 3 is 2.48 bits per heavy atom.